The van der Waals surface area contributed by atoms with Crippen LogP contribution in [0.5, 0.6) is 5.75 Å². The quantitative estimate of drug-likeness (QED) is 0.634. The first-order chi connectivity index (χ1) is 11.4. The Morgan fingerprint density at radius 1 is 1.04 bits per heavy atom. The fourth-order valence-corrected chi connectivity index (χ4v) is 2.76. The Bertz CT molecular complexity index is 870. The SMILES string of the molecule is Cn1c(C(=O)C(C)(C)C)cc2cc(OCc3ccccc3)ccc21. The van der Waals surface area contributed by atoms with Crippen molar-refractivity contribution >= 4 is 16.7 Å². The lowest BCUT2D eigenvalue weighted by Crippen LogP contribution is -2.22. The van der Waals surface area contributed by atoms with Gasteiger partial charge in [-0.3, -0.25) is 4.79 Å². The van der Waals surface area contributed by atoms with Gasteiger partial charge in [0.05, 0.1) is 5.69 Å². The number of ketones is 1. The van der Waals surface area contributed by atoms with Crippen LogP contribution in [0, 0.1) is 5.41 Å². The third-order valence-electron chi connectivity index (χ3n) is 4.18. The van der Waals surface area contributed by atoms with Gasteiger partial charge in [0.2, 0.25) is 0 Å². The number of nitrogens with zero attached hydrogens (tertiary/aromatic N) is 1. The molecule has 3 aromatic rings. The molecule has 0 aliphatic rings. The normalized spacial score (nSPS) is 11.7. The Kier molecular flexibility index (Phi) is 4.18. The lowest BCUT2D eigenvalue weighted by molar-refractivity contribution is 0.0850. The number of aromatic nitrogens is 1. The number of Topliss-reactive ketones (excluding diaryl/α,β-unsaturated/α-hetero) is 1. The van der Waals surface area contributed by atoms with Crippen LogP contribution in [0.4, 0.5) is 0 Å². The van der Waals surface area contributed by atoms with Gasteiger partial charge in [-0.05, 0) is 29.8 Å². The van der Waals surface area contributed by atoms with E-state index in [1.54, 1.807) is 0 Å². The Morgan fingerprint density at radius 3 is 2.42 bits per heavy atom. The van der Waals surface area contributed by atoms with E-state index in [1.807, 2.05) is 87.0 Å². The average Bonchev–Trinajstić information content (AvgIpc) is 2.88. The number of benzene rings is 2. The minimum Gasteiger partial charge on any atom is -0.489 e. The highest BCUT2D eigenvalue weighted by Crippen LogP contribution is 2.28. The molecule has 124 valence electrons. The number of carbonyl (C=O) groups excluding carboxylic acids is 1. The number of hydrogen-bond acceptors (Lipinski definition) is 2. The van der Waals surface area contributed by atoms with Gasteiger partial charge in [0.25, 0.3) is 0 Å². The summed E-state index contributed by atoms with van der Waals surface area (Å²) in [6.07, 6.45) is 0. The van der Waals surface area contributed by atoms with Crippen molar-refractivity contribution in [3.63, 3.8) is 0 Å². The van der Waals surface area contributed by atoms with Gasteiger partial charge in [-0.2, -0.15) is 0 Å². The van der Waals surface area contributed by atoms with Crippen LogP contribution in [-0.4, -0.2) is 10.4 Å². The van der Waals surface area contributed by atoms with Crippen LogP contribution in [0.3, 0.4) is 0 Å². The molecule has 3 heteroatoms. The van der Waals surface area contributed by atoms with Crippen molar-refractivity contribution < 1.29 is 9.53 Å². The van der Waals surface area contributed by atoms with Crippen molar-refractivity contribution in [2.24, 2.45) is 12.5 Å². The summed E-state index contributed by atoms with van der Waals surface area (Å²) in [5.74, 6) is 0.958. The van der Waals surface area contributed by atoms with Crippen LogP contribution in [0.15, 0.2) is 54.6 Å². The number of rotatable bonds is 4. The van der Waals surface area contributed by atoms with E-state index in [1.165, 1.54) is 0 Å². The molecule has 0 aliphatic heterocycles. The lowest BCUT2D eigenvalue weighted by atomic mass is 9.89. The topological polar surface area (TPSA) is 31.2 Å². The highest BCUT2D eigenvalue weighted by atomic mass is 16.5. The van der Waals surface area contributed by atoms with Gasteiger partial charge in [-0.15, -0.1) is 0 Å². The molecule has 0 saturated carbocycles. The Labute approximate surface area is 142 Å². The zero-order valence-electron chi connectivity index (χ0n) is 14.7. The molecule has 1 heterocycles. The number of carbonyl (C=O) groups is 1. The molecule has 0 atom stereocenters. The summed E-state index contributed by atoms with van der Waals surface area (Å²) in [6.45, 7) is 6.37. The smallest absolute Gasteiger partial charge is 0.184 e. The standard InChI is InChI=1S/C21H23NO2/c1-21(2,3)20(23)19-13-16-12-17(10-11-18(16)22(19)4)24-14-15-8-6-5-7-9-15/h5-13H,14H2,1-4H3. The first kappa shape index (κ1) is 16.3. The minimum atomic E-state index is -0.394. The van der Waals surface area contributed by atoms with Crippen molar-refractivity contribution in [2.45, 2.75) is 27.4 Å². The molecule has 0 bridgehead atoms. The van der Waals surface area contributed by atoms with Crippen molar-refractivity contribution in [3.8, 4) is 5.75 Å². The Morgan fingerprint density at radius 2 is 1.75 bits per heavy atom. The molecule has 1 aromatic heterocycles. The van der Waals surface area contributed by atoms with Gasteiger partial charge in [0, 0.05) is 23.4 Å². The summed E-state index contributed by atoms with van der Waals surface area (Å²) in [5, 5.41) is 1.02. The maximum absolute atomic E-state index is 12.6. The van der Waals surface area contributed by atoms with Gasteiger partial charge in [-0.25, -0.2) is 0 Å². The maximum atomic E-state index is 12.6. The molecule has 2 aromatic carbocycles. The van der Waals surface area contributed by atoms with Crippen LogP contribution < -0.4 is 4.74 Å². The molecule has 0 unspecified atom stereocenters. The molecule has 0 saturated heterocycles. The highest BCUT2D eigenvalue weighted by molar-refractivity contribution is 6.03. The molecular formula is C21H23NO2. The number of fused-ring (bicyclic) bond motifs is 1. The lowest BCUT2D eigenvalue weighted by Gasteiger charge is -2.16. The average molecular weight is 321 g/mol. The zero-order valence-corrected chi connectivity index (χ0v) is 14.7. The first-order valence-electron chi connectivity index (χ1n) is 8.17. The highest BCUT2D eigenvalue weighted by Gasteiger charge is 2.26. The fourth-order valence-electron chi connectivity index (χ4n) is 2.76. The van der Waals surface area contributed by atoms with Crippen LogP contribution in [0.25, 0.3) is 10.9 Å². The van der Waals surface area contributed by atoms with Gasteiger partial charge in [0.15, 0.2) is 5.78 Å². The van der Waals surface area contributed by atoms with Gasteiger partial charge >= 0.3 is 0 Å². The predicted octanol–water partition coefficient (Wildman–Crippen LogP) is 4.99. The second-order valence-corrected chi connectivity index (χ2v) is 7.16. The van der Waals surface area contributed by atoms with E-state index < -0.39 is 5.41 Å². The van der Waals surface area contributed by atoms with E-state index in [4.69, 9.17) is 4.74 Å². The second kappa shape index (κ2) is 6.16. The zero-order chi connectivity index (χ0) is 17.3. The summed E-state index contributed by atoms with van der Waals surface area (Å²) < 4.78 is 7.85. The van der Waals surface area contributed by atoms with E-state index in [9.17, 15) is 4.79 Å². The molecule has 0 amide bonds. The van der Waals surface area contributed by atoms with E-state index >= 15 is 0 Å². The fraction of sp³-hybridized carbons (Fsp3) is 0.286. The number of hydrogen-bond donors (Lipinski definition) is 0. The van der Waals surface area contributed by atoms with E-state index in [2.05, 4.69) is 0 Å². The van der Waals surface area contributed by atoms with Gasteiger partial charge in [-0.1, -0.05) is 51.1 Å². The Balaban J connectivity index is 1.87. The van der Waals surface area contributed by atoms with Crippen LogP contribution in [-0.2, 0) is 13.7 Å². The van der Waals surface area contributed by atoms with E-state index in [0.29, 0.717) is 6.61 Å². The first-order valence-corrected chi connectivity index (χ1v) is 8.17. The third-order valence-corrected chi connectivity index (χ3v) is 4.18. The molecule has 24 heavy (non-hydrogen) atoms. The molecule has 3 rings (SSSR count). The molecule has 0 N–H and O–H groups in total. The van der Waals surface area contributed by atoms with Crippen molar-refractivity contribution in [3.05, 3.63) is 65.9 Å². The maximum Gasteiger partial charge on any atom is 0.184 e. The van der Waals surface area contributed by atoms with Crippen molar-refractivity contribution in [1.29, 1.82) is 0 Å². The number of ether oxygens (including phenoxy) is 1. The van der Waals surface area contributed by atoms with E-state index in [-0.39, 0.29) is 5.78 Å². The molecule has 0 spiro atoms. The summed E-state index contributed by atoms with van der Waals surface area (Å²) in [7, 11) is 1.94. The van der Waals surface area contributed by atoms with Gasteiger partial charge < -0.3 is 9.30 Å². The van der Waals surface area contributed by atoms with Crippen molar-refractivity contribution in [2.75, 3.05) is 0 Å². The van der Waals surface area contributed by atoms with E-state index in [0.717, 1.165) is 27.9 Å². The van der Waals surface area contributed by atoms with Crippen molar-refractivity contribution in [1.82, 2.24) is 4.57 Å². The van der Waals surface area contributed by atoms with Gasteiger partial charge in [0.1, 0.15) is 12.4 Å². The molecular weight excluding hydrogens is 298 g/mol. The third kappa shape index (κ3) is 3.21. The summed E-state index contributed by atoms with van der Waals surface area (Å²) >= 11 is 0. The monoisotopic (exact) mass is 321 g/mol. The second-order valence-electron chi connectivity index (χ2n) is 7.16. The molecule has 0 fully saturated rings. The van der Waals surface area contributed by atoms with Crippen LogP contribution in [0.1, 0.15) is 36.8 Å². The summed E-state index contributed by atoms with van der Waals surface area (Å²) in [5.41, 5.74) is 2.51. The summed E-state index contributed by atoms with van der Waals surface area (Å²) in [4.78, 5) is 12.6. The number of aryl methyl sites for hydroxylation is 1. The Hall–Kier alpha value is -2.55. The molecule has 3 nitrogen and oxygen atoms in total. The molecule has 0 radical (unpaired) electrons. The predicted molar refractivity (Wildman–Crippen MR) is 97.5 cm³/mol. The largest absolute Gasteiger partial charge is 0.489 e. The summed E-state index contributed by atoms with van der Waals surface area (Å²) in [6, 6.07) is 18.0. The van der Waals surface area contributed by atoms with Crippen LogP contribution >= 0.6 is 0 Å². The molecule has 0 aliphatic carbocycles. The minimum absolute atomic E-state index is 0.146. The van der Waals surface area contributed by atoms with Crippen LogP contribution in [0.2, 0.25) is 0 Å².